The Morgan fingerprint density at radius 2 is 1.55 bits per heavy atom. The Morgan fingerprint density at radius 1 is 0.919 bits per heavy atom. The van der Waals surface area contributed by atoms with Crippen molar-refractivity contribution < 1.29 is 72.1 Å². The molecule has 3 aliphatic heterocycles. The van der Waals surface area contributed by atoms with Crippen LogP contribution in [-0.4, -0.2) is 140 Å². The second-order valence-corrected chi connectivity index (χ2v) is 17.9. The molecule has 17 heteroatoms. The number of aliphatic hydroxyl groups excluding tert-OH is 1. The number of ketones is 3. The smallest absolute Gasteiger partial charge is 0.316 e. The molecule has 17 nitrogen and oxygen atoms in total. The van der Waals surface area contributed by atoms with Gasteiger partial charge in [-0.25, -0.2) is 0 Å². The average molecular weight is 877 g/mol. The van der Waals surface area contributed by atoms with E-state index in [1.165, 1.54) is 40.4 Å². The summed E-state index contributed by atoms with van der Waals surface area (Å²) in [5.41, 5.74) is -2.98. The van der Waals surface area contributed by atoms with Crippen molar-refractivity contribution in [3.8, 4) is 17.2 Å². The largest absolute Gasteiger partial charge is 0.507 e. The highest BCUT2D eigenvalue weighted by molar-refractivity contribution is 6.01. The lowest BCUT2D eigenvalue weighted by Crippen LogP contribution is -2.59. The van der Waals surface area contributed by atoms with Gasteiger partial charge in [-0.1, -0.05) is 27.7 Å². The summed E-state index contributed by atoms with van der Waals surface area (Å²) in [5.74, 6) is -9.43. The van der Waals surface area contributed by atoms with Gasteiger partial charge in [0.05, 0.1) is 43.5 Å². The van der Waals surface area contributed by atoms with Crippen LogP contribution in [0.2, 0.25) is 0 Å². The normalized spacial score (nSPS) is 36.0. The number of hydrogen-bond acceptors (Lipinski definition) is 16. The number of hydrogen-bond donors (Lipinski definition) is 3. The first-order valence-corrected chi connectivity index (χ1v) is 21.5. The molecule has 4 rings (SSSR count). The van der Waals surface area contributed by atoms with Gasteiger partial charge >= 0.3 is 11.9 Å². The number of cyclic esters (lactones) is 1. The molecule has 0 saturated carbocycles. The Labute approximate surface area is 364 Å². The van der Waals surface area contributed by atoms with Crippen molar-refractivity contribution >= 4 is 35.2 Å². The van der Waals surface area contributed by atoms with E-state index in [0.717, 1.165) is 0 Å². The van der Waals surface area contributed by atoms with E-state index in [4.69, 9.17) is 33.2 Å². The van der Waals surface area contributed by atoms with E-state index < -0.39 is 101 Å². The number of nitrogens with one attached hydrogen (secondary N) is 1. The van der Waals surface area contributed by atoms with Crippen LogP contribution in [-0.2, 0) is 47.7 Å². The number of rotatable bonds is 13. The maximum atomic E-state index is 14.7. The zero-order valence-electron chi connectivity index (χ0n) is 38.5. The van der Waals surface area contributed by atoms with Gasteiger partial charge in [0.2, 0.25) is 5.91 Å². The highest BCUT2D eigenvalue weighted by Gasteiger charge is 2.61. The fourth-order valence-corrected chi connectivity index (χ4v) is 9.76. The second kappa shape index (κ2) is 20.6. The molecule has 1 amide bonds. The van der Waals surface area contributed by atoms with Crippen molar-refractivity contribution in [2.24, 2.45) is 35.5 Å². The Balaban J connectivity index is 1.66. The number of nitrogens with zero attached hydrogens (tertiary/aromatic N) is 1. The number of amides is 1. The van der Waals surface area contributed by atoms with Gasteiger partial charge in [-0.15, -0.1) is 0 Å². The number of aliphatic hydroxyl groups is 1. The number of ether oxygens (including phenoxy) is 7. The van der Waals surface area contributed by atoms with Crippen molar-refractivity contribution in [1.82, 2.24) is 10.2 Å². The van der Waals surface area contributed by atoms with Crippen molar-refractivity contribution in [2.45, 2.75) is 135 Å². The first-order chi connectivity index (χ1) is 29.0. The molecule has 1 aromatic carbocycles. The van der Waals surface area contributed by atoms with Gasteiger partial charge in [0.25, 0.3) is 0 Å². The molecule has 3 N–H and O–H groups in total. The third-order valence-electron chi connectivity index (χ3n) is 13.4. The van der Waals surface area contributed by atoms with E-state index in [9.17, 15) is 39.0 Å². The first-order valence-electron chi connectivity index (χ1n) is 21.5. The SMILES string of the molecule is CC[C@H]1OC(=O)[C@H](C)C(=O)C(C)[C@@H](O[C@@H]2O[C@H](C)C[C@H](N(C)C)[C@H]2O)[C@](C)(OC)C[C@@H](C)C(=O)[C@H](C)[C@H]2C(CNC(=O)CCC(=O)c3cc(OC)c(OC)cc3O)C(=O)O[C@@]21C. The summed E-state index contributed by atoms with van der Waals surface area (Å²) >= 11 is 0. The topological polar surface area (TPSA) is 223 Å². The Kier molecular flexibility index (Phi) is 16.7. The number of Topliss-reactive ketones (excluding diaryl/α,β-unsaturated/α-hetero) is 3. The molecule has 0 bridgehead atoms. The van der Waals surface area contributed by atoms with E-state index in [1.54, 1.807) is 41.5 Å². The van der Waals surface area contributed by atoms with Gasteiger partial charge in [-0.3, -0.25) is 28.8 Å². The minimum atomic E-state index is -1.56. The number of benzene rings is 1. The molecule has 348 valence electrons. The Hall–Kier alpha value is -4.16. The highest BCUT2D eigenvalue weighted by atomic mass is 16.7. The minimum absolute atomic E-state index is 0.0315. The zero-order chi connectivity index (χ0) is 46.6. The van der Waals surface area contributed by atoms with Crippen LogP contribution in [0.4, 0.5) is 0 Å². The van der Waals surface area contributed by atoms with Gasteiger partial charge < -0.3 is 53.6 Å². The monoisotopic (exact) mass is 876 g/mol. The minimum Gasteiger partial charge on any atom is -0.507 e. The molecular formula is C45H68N2O15. The number of fused-ring (bicyclic) bond motifs is 1. The van der Waals surface area contributed by atoms with Crippen LogP contribution >= 0.6 is 0 Å². The number of methoxy groups -OCH3 is 3. The summed E-state index contributed by atoms with van der Waals surface area (Å²) in [6, 6.07) is 2.24. The van der Waals surface area contributed by atoms with Crippen LogP contribution in [0.1, 0.15) is 97.9 Å². The van der Waals surface area contributed by atoms with Crippen LogP contribution < -0.4 is 14.8 Å². The molecular weight excluding hydrogens is 808 g/mol. The third kappa shape index (κ3) is 10.4. The maximum absolute atomic E-state index is 14.7. The molecule has 0 spiro atoms. The Bertz CT molecular complexity index is 1820. The van der Waals surface area contributed by atoms with Gasteiger partial charge in [0, 0.05) is 62.3 Å². The van der Waals surface area contributed by atoms with E-state index in [2.05, 4.69) is 5.32 Å². The summed E-state index contributed by atoms with van der Waals surface area (Å²) in [4.78, 5) is 85.1. The predicted molar refractivity (Wildman–Crippen MR) is 223 cm³/mol. The molecule has 2 unspecified atom stereocenters. The Morgan fingerprint density at radius 3 is 2.13 bits per heavy atom. The highest BCUT2D eigenvalue weighted by Crippen LogP contribution is 2.48. The van der Waals surface area contributed by atoms with Gasteiger partial charge in [0.15, 0.2) is 35.0 Å². The molecule has 0 radical (unpaired) electrons. The fourth-order valence-electron chi connectivity index (χ4n) is 9.76. The number of esters is 2. The molecule has 1 aromatic rings. The summed E-state index contributed by atoms with van der Waals surface area (Å²) < 4.78 is 41.4. The first kappa shape index (κ1) is 50.5. The summed E-state index contributed by atoms with van der Waals surface area (Å²) in [7, 11) is 7.88. The van der Waals surface area contributed by atoms with Crippen molar-refractivity contribution in [3.63, 3.8) is 0 Å². The molecule has 3 aliphatic rings. The maximum Gasteiger partial charge on any atom is 0.316 e. The number of aromatic hydroxyl groups is 1. The number of likely N-dealkylation sites (N-methyl/N-ethyl adjacent to an activating group) is 1. The van der Waals surface area contributed by atoms with E-state index in [1.807, 2.05) is 25.9 Å². The zero-order valence-corrected chi connectivity index (χ0v) is 38.5. The lowest BCUT2D eigenvalue weighted by atomic mass is 9.67. The summed E-state index contributed by atoms with van der Waals surface area (Å²) in [6.07, 6.45) is -4.67. The van der Waals surface area contributed by atoms with E-state index >= 15 is 0 Å². The summed E-state index contributed by atoms with van der Waals surface area (Å²) in [6.45, 7) is 13.1. The van der Waals surface area contributed by atoms with Crippen LogP contribution in [0.25, 0.3) is 0 Å². The molecule has 3 heterocycles. The fraction of sp³-hybridized carbons (Fsp3) is 0.733. The number of phenols is 1. The predicted octanol–water partition coefficient (Wildman–Crippen LogP) is 3.66. The van der Waals surface area contributed by atoms with Crippen molar-refractivity contribution in [2.75, 3.05) is 42.0 Å². The number of phenolic OH excluding ortho intramolecular Hbond substituents is 1. The number of carbonyl (C=O) groups is 6. The molecule has 3 saturated heterocycles. The van der Waals surface area contributed by atoms with E-state index in [-0.39, 0.29) is 73.0 Å². The third-order valence-corrected chi connectivity index (χ3v) is 13.4. The number of carbonyl (C=O) groups excluding carboxylic acids is 6. The van der Waals surface area contributed by atoms with E-state index in [0.29, 0.717) is 6.42 Å². The quantitative estimate of drug-likeness (QED) is 0.146. The lowest BCUT2D eigenvalue weighted by molar-refractivity contribution is -0.295. The van der Waals surface area contributed by atoms with Gasteiger partial charge in [-0.2, -0.15) is 0 Å². The van der Waals surface area contributed by atoms with Crippen LogP contribution in [0.3, 0.4) is 0 Å². The molecule has 0 aliphatic carbocycles. The van der Waals surface area contributed by atoms with Crippen LogP contribution in [0, 0.1) is 35.5 Å². The molecule has 14 atom stereocenters. The lowest BCUT2D eigenvalue weighted by Gasteiger charge is -2.47. The molecule has 3 fully saturated rings. The molecule has 0 aromatic heterocycles. The van der Waals surface area contributed by atoms with Crippen LogP contribution in [0.15, 0.2) is 12.1 Å². The van der Waals surface area contributed by atoms with Gasteiger partial charge in [0.1, 0.15) is 29.7 Å². The molecule has 62 heavy (non-hydrogen) atoms. The van der Waals surface area contributed by atoms with Gasteiger partial charge in [-0.05, 0) is 67.1 Å². The summed E-state index contributed by atoms with van der Waals surface area (Å²) in [5, 5.41) is 24.6. The average Bonchev–Trinajstić information content (AvgIpc) is 3.50. The second-order valence-electron chi connectivity index (χ2n) is 17.9. The standard InChI is InChI=1S/C45H68N2O15/c1-14-34-45(8)36(28(42(55)62-45)21-46-35(50)16-15-30(48)27-18-32(56-11)33(57-12)19-31(27)49)24(4)37(51)22(2)20-44(7,58-13)40(25(5)38(52)26(6)41(54)60-34)61-43-39(53)29(47(9)10)17-23(3)59-43/h18-19,22-26,28-29,34,36,39-40,43,49,53H,14-17,20-21H2,1-13H3,(H,46,50)/t22-,23-,24-,25?,26-,28?,29+,34-,36+,39-,40-,43+,44-,45-/m1/s1. The van der Waals surface area contributed by atoms with Crippen molar-refractivity contribution in [3.05, 3.63) is 17.7 Å². The van der Waals surface area contributed by atoms with Crippen LogP contribution in [0.5, 0.6) is 17.2 Å². The van der Waals surface area contributed by atoms with Crippen molar-refractivity contribution in [1.29, 1.82) is 0 Å².